The van der Waals surface area contributed by atoms with Crippen molar-refractivity contribution >= 4 is 22.7 Å². The summed E-state index contributed by atoms with van der Waals surface area (Å²) in [7, 11) is 1.58. The Bertz CT molecular complexity index is 915. The van der Waals surface area contributed by atoms with Gasteiger partial charge in [0.25, 0.3) is 5.91 Å². The van der Waals surface area contributed by atoms with Crippen LogP contribution in [-0.2, 0) is 0 Å². The third kappa shape index (κ3) is 2.48. The van der Waals surface area contributed by atoms with Gasteiger partial charge >= 0.3 is 5.63 Å². The van der Waals surface area contributed by atoms with Gasteiger partial charge in [0.05, 0.1) is 0 Å². The quantitative estimate of drug-likeness (QED) is 0.682. The third-order valence-electron chi connectivity index (χ3n) is 3.39. The number of hydrogen-bond donors (Lipinski definition) is 0. The number of nitrogens with zero attached hydrogens (tertiary/aromatic N) is 2. The summed E-state index contributed by atoms with van der Waals surface area (Å²) in [5, 5.41) is 0.705. The standard InChI is InChI=1S/C17H14N2O3/c1-11-6-5-9-15(18-11)19(2)16(20)13-10-12-7-3-4-8-14(12)22-17(13)21/h3-10H,1-2H3. The van der Waals surface area contributed by atoms with E-state index in [1.165, 1.54) is 4.90 Å². The molecule has 5 nitrogen and oxygen atoms in total. The van der Waals surface area contributed by atoms with Gasteiger partial charge in [-0.2, -0.15) is 0 Å². The fourth-order valence-corrected chi connectivity index (χ4v) is 2.21. The molecule has 0 saturated heterocycles. The van der Waals surface area contributed by atoms with Crippen molar-refractivity contribution < 1.29 is 9.21 Å². The van der Waals surface area contributed by atoms with Gasteiger partial charge in [-0.3, -0.25) is 9.69 Å². The van der Waals surface area contributed by atoms with E-state index in [9.17, 15) is 9.59 Å². The molecule has 0 aliphatic rings. The van der Waals surface area contributed by atoms with E-state index in [-0.39, 0.29) is 5.56 Å². The number of para-hydroxylation sites is 1. The van der Waals surface area contributed by atoms with E-state index in [4.69, 9.17) is 4.42 Å². The maximum absolute atomic E-state index is 12.5. The van der Waals surface area contributed by atoms with Crippen molar-refractivity contribution in [2.75, 3.05) is 11.9 Å². The Labute approximate surface area is 126 Å². The maximum Gasteiger partial charge on any atom is 0.349 e. The minimum Gasteiger partial charge on any atom is -0.422 e. The molecular weight excluding hydrogens is 280 g/mol. The van der Waals surface area contributed by atoms with E-state index in [1.54, 1.807) is 37.4 Å². The molecule has 1 aromatic carbocycles. The Morgan fingerprint density at radius 1 is 1.14 bits per heavy atom. The summed E-state index contributed by atoms with van der Waals surface area (Å²) in [5.74, 6) is 0.0372. The summed E-state index contributed by atoms with van der Waals surface area (Å²) in [6.07, 6.45) is 0. The first-order valence-corrected chi connectivity index (χ1v) is 6.81. The van der Waals surface area contributed by atoms with E-state index < -0.39 is 11.5 Å². The van der Waals surface area contributed by atoms with E-state index in [2.05, 4.69) is 4.98 Å². The molecule has 1 amide bonds. The molecule has 0 N–H and O–H groups in total. The fourth-order valence-electron chi connectivity index (χ4n) is 2.21. The third-order valence-corrected chi connectivity index (χ3v) is 3.39. The van der Waals surface area contributed by atoms with E-state index in [1.807, 2.05) is 25.1 Å². The van der Waals surface area contributed by atoms with Crippen LogP contribution >= 0.6 is 0 Å². The second-order valence-corrected chi connectivity index (χ2v) is 4.99. The summed E-state index contributed by atoms with van der Waals surface area (Å²) in [5.41, 5.74) is 0.593. The Morgan fingerprint density at radius 3 is 2.68 bits per heavy atom. The maximum atomic E-state index is 12.5. The number of aromatic nitrogens is 1. The summed E-state index contributed by atoms with van der Waals surface area (Å²) in [6, 6.07) is 14.0. The van der Waals surface area contributed by atoms with E-state index in [0.29, 0.717) is 16.8 Å². The van der Waals surface area contributed by atoms with Gasteiger partial charge in [-0.25, -0.2) is 9.78 Å². The second-order valence-electron chi connectivity index (χ2n) is 4.99. The lowest BCUT2D eigenvalue weighted by Gasteiger charge is -2.16. The number of carbonyl (C=O) groups is 1. The molecule has 0 bridgehead atoms. The summed E-state index contributed by atoms with van der Waals surface area (Å²) < 4.78 is 5.20. The topological polar surface area (TPSA) is 63.4 Å². The highest BCUT2D eigenvalue weighted by Gasteiger charge is 2.19. The number of rotatable bonds is 2. The molecule has 110 valence electrons. The van der Waals surface area contributed by atoms with Gasteiger partial charge in [-0.1, -0.05) is 24.3 Å². The molecule has 0 unspecified atom stereocenters. The number of amides is 1. The van der Waals surface area contributed by atoms with Crippen molar-refractivity contribution in [1.29, 1.82) is 0 Å². The molecule has 2 heterocycles. The van der Waals surface area contributed by atoms with Gasteiger partial charge in [0, 0.05) is 18.1 Å². The number of benzene rings is 1. The van der Waals surface area contributed by atoms with Crippen molar-refractivity contribution in [3.8, 4) is 0 Å². The summed E-state index contributed by atoms with van der Waals surface area (Å²) in [6.45, 7) is 1.84. The largest absolute Gasteiger partial charge is 0.422 e. The van der Waals surface area contributed by atoms with Crippen LogP contribution in [0.1, 0.15) is 16.1 Å². The molecule has 0 radical (unpaired) electrons. The molecule has 0 atom stereocenters. The van der Waals surface area contributed by atoms with Crippen molar-refractivity contribution in [1.82, 2.24) is 4.98 Å². The number of aryl methyl sites for hydroxylation is 1. The minimum absolute atomic E-state index is 0.00972. The summed E-state index contributed by atoms with van der Waals surface area (Å²) >= 11 is 0. The minimum atomic E-state index is -0.650. The molecule has 3 aromatic rings. The fraction of sp³-hybridized carbons (Fsp3) is 0.118. The average Bonchev–Trinajstić information content (AvgIpc) is 2.53. The highest BCUT2D eigenvalue weighted by molar-refractivity contribution is 6.06. The number of anilines is 1. The van der Waals surface area contributed by atoms with Crippen LogP contribution in [0.15, 0.2) is 57.7 Å². The zero-order valence-electron chi connectivity index (χ0n) is 12.2. The molecular formula is C17H14N2O3. The Kier molecular flexibility index (Phi) is 3.47. The van der Waals surface area contributed by atoms with Crippen LogP contribution in [0.3, 0.4) is 0 Å². The monoisotopic (exact) mass is 294 g/mol. The van der Waals surface area contributed by atoms with Gasteiger partial charge in [0.1, 0.15) is 17.0 Å². The van der Waals surface area contributed by atoms with E-state index in [0.717, 1.165) is 5.69 Å². The van der Waals surface area contributed by atoms with Crippen molar-refractivity contribution in [3.05, 3.63) is 70.2 Å². The van der Waals surface area contributed by atoms with Crippen molar-refractivity contribution in [3.63, 3.8) is 0 Å². The Morgan fingerprint density at radius 2 is 1.91 bits per heavy atom. The zero-order valence-corrected chi connectivity index (χ0v) is 12.2. The van der Waals surface area contributed by atoms with Crippen LogP contribution in [0.5, 0.6) is 0 Å². The highest BCUT2D eigenvalue weighted by atomic mass is 16.4. The van der Waals surface area contributed by atoms with Gasteiger partial charge in [-0.15, -0.1) is 0 Å². The van der Waals surface area contributed by atoms with Crippen LogP contribution in [0.2, 0.25) is 0 Å². The molecule has 0 aliphatic heterocycles. The number of fused-ring (bicyclic) bond motifs is 1. The predicted molar refractivity (Wildman–Crippen MR) is 84.2 cm³/mol. The smallest absolute Gasteiger partial charge is 0.349 e. The molecule has 22 heavy (non-hydrogen) atoms. The van der Waals surface area contributed by atoms with Crippen LogP contribution in [0, 0.1) is 6.92 Å². The second kappa shape index (κ2) is 5.44. The van der Waals surface area contributed by atoms with Crippen LogP contribution in [0.4, 0.5) is 5.82 Å². The molecule has 5 heteroatoms. The lowest BCUT2D eigenvalue weighted by molar-refractivity contribution is 0.0989. The van der Waals surface area contributed by atoms with Crippen molar-refractivity contribution in [2.45, 2.75) is 6.92 Å². The molecule has 2 aromatic heterocycles. The Balaban J connectivity index is 2.05. The highest BCUT2D eigenvalue weighted by Crippen LogP contribution is 2.16. The molecule has 0 fully saturated rings. The molecule has 0 spiro atoms. The average molecular weight is 294 g/mol. The number of pyridine rings is 1. The number of carbonyl (C=O) groups excluding carboxylic acids is 1. The van der Waals surface area contributed by atoms with Gasteiger partial charge in [0.2, 0.25) is 0 Å². The first-order chi connectivity index (χ1) is 10.6. The Hall–Kier alpha value is -2.95. The van der Waals surface area contributed by atoms with Crippen LogP contribution in [0.25, 0.3) is 11.0 Å². The normalized spacial score (nSPS) is 10.6. The molecule has 3 rings (SSSR count). The van der Waals surface area contributed by atoms with Gasteiger partial charge in [0.15, 0.2) is 0 Å². The summed E-state index contributed by atoms with van der Waals surface area (Å²) in [4.78, 5) is 30.2. The zero-order chi connectivity index (χ0) is 15.7. The molecule has 0 aliphatic carbocycles. The molecule has 0 saturated carbocycles. The lowest BCUT2D eigenvalue weighted by atomic mass is 10.1. The number of hydrogen-bond acceptors (Lipinski definition) is 4. The first-order valence-electron chi connectivity index (χ1n) is 6.81. The van der Waals surface area contributed by atoms with E-state index >= 15 is 0 Å². The lowest BCUT2D eigenvalue weighted by Crippen LogP contribution is -2.31. The first kappa shape index (κ1) is 14.0. The van der Waals surface area contributed by atoms with Crippen molar-refractivity contribution in [2.24, 2.45) is 0 Å². The van der Waals surface area contributed by atoms with Crippen LogP contribution < -0.4 is 10.5 Å². The van der Waals surface area contributed by atoms with Gasteiger partial charge in [-0.05, 0) is 31.2 Å². The van der Waals surface area contributed by atoms with Crippen LogP contribution in [-0.4, -0.2) is 17.9 Å². The SMILES string of the molecule is Cc1cccc(N(C)C(=O)c2cc3ccccc3oc2=O)n1. The predicted octanol–water partition coefficient (Wildman–Crippen LogP) is 2.77. The van der Waals surface area contributed by atoms with Gasteiger partial charge < -0.3 is 4.42 Å².